The fourth-order valence-corrected chi connectivity index (χ4v) is 2.66. The second-order valence-corrected chi connectivity index (χ2v) is 5.60. The van der Waals surface area contributed by atoms with Gasteiger partial charge in [0.2, 0.25) is 0 Å². The van der Waals surface area contributed by atoms with E-state index in [1.807, 2.05) is 0 Å². The highest BCUT2D eigenvalue weighted by Gasteiger charge is 2.12. The van der Waals surface area contributed by atoms with E-state index in [-0.39, 0.29) is 22.4 Å². The second-order valence-electron chi connectivity index (χ2n) is 3.77. The number of carbonyl (C=O) groups is 1. The molecule has 0 aliphatic carbocycles. The molecule has 2 aromatic carbocycles. The van der Waals surface area contributed by atoms with Crippen LogP contribution in [-0.2, 0) is 0 Å². The monoisotopic (exact) mass is 314 g/mol. The average molecular weight is 315 g/mol. The van der Waals surface area contributed by atoms with E-state index in [4.69, 9.17) is 23.2 Å². The number of thioether (sulfide) groups is 1. The molecule has 5 heteroatoms. The lowest BCUT2D eigenvalue weighted by Gasteiger charge is -2.05. The normalized spacial score (nSPS) is 10.5. The molecule has 2 rings (SSSR count). The molecule has 0 saturated heterocycles. The summed E-state index contributed by atoms with van der Waals surface area (Å²) in [5.74, 6) is -0.179. The number of ketones is 1. The summed E-state index contributed by atoms with van der Waals surface area (Å²) < 4.78 is 12.7. The molecule has 0 saturated carbocycles. The Morgan fingerprint density at radius 1 is 1.11 bits per heavy atom. The minimum Gasteiger partial charge on any atom is -0.293 e. The van der Waals surface area contributed by atoms with Crippen molar-refractivity contribution in [3.63, 3.8) is 0 Å². The molecule has 19 heavy (non-hydrogen) atoms. The molecule has 0 amide bonds. The summed E-state index contributed by atoms with van der Waals surface area (Å²) in [5.41, 5.74) is 0.406. The van der Waals surface area contributed by atoms with E-state index in [1.165, 1.54) is 23.9 Å². The van der Waals surface area contributed by atoms with Crippen LogP contribution in [0.3, 0.4) is 0 Å². The van der Waals surface area contributed by atoms with Crippen molar-refractivity contribution in [1.82, 2.24) is 0 Å². The third-order valence-corrected chi connectivity index (χ3v) is 4.27. The van der Waals surface area contributed by atoms with E-state index in [9.17, 15) is 9.18 Å². The molecule has 0 radical (unpaired) electrons. The van der Waals surface area contributed by atoms with Gasteiger partial charge in [-0.1, -0.05) is 29.3 Å². The molecule has 0 heterocycles. The first-order valence-electron chi connectivity index (χ1n) is 5.43. The third kappa shape index (κ3) is 3.72. The Morgan fingerprint density at radius 2 is 1.79 bits per heavy atom. The molecule has 2 aromatic rings. The van der Waals surface area contributed by atoms with Crippen LogP contribution in [-0.4, -0.2) is 11.5 Å². The van der Waals surface area contributed by atoms with Crippen LogP contribution in [0.4, 0.5) is 4.39 Å². The predicted molar refractivity (Wildman–Crippen MR) is 77.9 cm³/mol. The van der Waals surface area contributed by atoms with Crippen molar-refractivity contribution in [2.24, 2.45) is 0 Å². The summed E-state index contributed by atoms with van der Waals surface area (Å²) >= 11 is 13.2. The minimum atomic E-state index is -0.298. The first kappa shape index (κ1) is 14.4. The van der Waals surface area contributed by atoms with E-state index in [0.29, 0.717) is 10.6 Å². The molecule has 1 nitrogen and oxygen atoms in total. The van der Waals surface area contributed by atoms with Gasteiger partial charge < -0.3 is 0 Å². The third-order valence-electron chi connectivity index (χ3n) is 2.44. The largest absolute Gasteiger partial charge is 0.293 e. The lowest BCUT2D eigenvalue weighted by molar-refractivity contribution is 0.102. The van der Waals surface area contributed by atoms with E-state index in [0.717, 1.165) is 4.90 Å². The molecular formula is C14H9Cl2FOS. The first-order valence-corrected chi connectivity index (χ1v) is 7.17. The Hall–Kier alpha value is -1.03. The molecule has 0 unspecified atom stereocenters. The van der Waals surface area contributed by atoms with Crippen LogP contribution in [0.15, 0.2) is 47.4 Å². The van der Waals surface area contributed by atoms with Gasteiger partial charge in [0.1, 0.15) is 5.82 Å². The maximum absolute atomic E-state index is 12.7. The van der Waals surface area contributed by atoms with Crippen LogP contribution in [0.1, 0.15) is 10.4 Å². The molecule has 98 valence electrons. The van der Waals surface area contributed by atoms with E-state index in [1.54, 1.807) is 30.3 Å². The Labute approximate surface area is 124 Å². The summed E-state index contributed by atoms with van der Waals surface area (Å²) in [5, 5.41) is 0.633. The minimum absolute atomic E-state index is 0.109. The summed E-state index contributed by atoms with van der Waals surface area (Å²) in [7, 11) is 0. The smallest absolute Gasteiger partial charge is 0.174 e. The number of hydrogen-bond acceptors (Lipinski definition) is 2. The van der Waals surface area contributed by atoms with Crippen molar-refractivity contribution in [3.05, 3.63) is 63.9 Å². The lowest BCUT2D eigenvalue weighted by atomic mass is 10.1. The highest BCUT2D eigenvalue weighted by molar-refractivity contribution is 8.00. The number of halogens is 3. The van der Waals surface area contributed by atoms with Crippen molar-refractivity contribution in [1.29, 1.82) is 0 Å². The average Bonchev–Trinajstić information content (AvgIpc) is 2.41. The van der Waals surface area contributed by atoms with Gasteiger partial charge in [0.05, 0.1) is 15.8 Å². The molecule has 0 atom stereocenters. The zero-order valence-electron chi connectivity index (χ0n) is 9.70. The van der Waals surface area contributed by atoms with Crippen LogP contribution in [0.2, 0.25) is 10.0 Å². The standard InChI is InChI=1S/C14H9Cl2FOS/c15-12-3-1-2-11(14(12)16)13(18)8-19-10-6-4-9(17)5-7-10/h1-7H,8H2. The van der Waals surface area contributed by atoms with Crippen LogP contribution in [0, 0.1) is 5.82 Å². The summed E-state index contributed by atoms with van der Waals surface area (Å²) in [6, 6.07) is 10.9. The molecule has 0 fully saturated rings. The second kappa shape index (κ2) is 6.42. The number of rotatable bonds is 4. The fourth-order valence-electron chi connectivity index (χ4n) is 1.48. The fraction of sp³-hybridized carbons (Fsp3) is 0.0714. The Morgan fingerprint density at radius 3 is 2.47 bits per heavy atom. The van der Waals surface area contributed by atoms with Gasteiger partial charge in [-0.3, -0.25) is 4.79 Å². The SMILES string of the molecule is O=C(CSc1ccc(F)cc1)c1cccc(Cl)c1Cl. The van der Waals surface area contributed by atoms with E-state index < -0.39 is 0 Å². The zero-order valence-corrected chi connectivity index (χ0v) is 12.0. The van der Waals surface area contributed by atoms with Crippen LogP contribution >= 0.6 is 35.0 Å². The molecular weight excluding hydrogens is 306 g/mol. The quantitative estimate of drug-likeness (QED) is 0.576. The maximum Gasteiger partial charge on any atom is 0.174 e. The maximum atomic E-state index is 12.7. The molecule has 0 spiro atoms. The predicted octanol–water partition coefficient (Wildman–Crippen LogP) is 5.11. The van der Waals surface area contributed by atoms with E-state index >= 15 is 0 Å². The van der Waals surface area contributed by atoms with Crippen molar-refractivity contribution >= 4 is 40.7 Å². The molecule has 0 aliphatic heterocycles. The Balaban J connectivity index is 2.05. The van der Waals surface area contributed by atoms with Gasteiger partial charge in [-0.15, -0.1) is 11.8 Å². The summed E-state index contributed by atoms with van der Waals surface area (Å²) in [6.07, 6.45) is 0. The summed E-state index contributed by atoms with van der Waals surface area (Å²) in [6.45, 7) is 0. The van der Waals surface area contributed by atoms with E-state index in [2.05, 4.69) is 0 Å². The number of benzene rings is 2. The highest BCUT2D eigenvalue weighted by Crippen LogP contribution is 2.27. The van der Waals surface area contributed by atoms with Gasteiger partial charge in [0, 0.05) is 10.5 Å². The Bertz CT molecular complexity index is 599. The van der Waals surface area contributed by atoms with Gasteiger partial charge in [0.25, 0.3) is 0 Å². The molecule has 0 bridgehead atoms. The van der Waals surface area contributed by atoms with Gasteiger partial charge in [-0.05, 0) is 36.4 Å². The molecule has 0 aliphatic rings. The van der Waals surface area contributed by atoms with Gasteiger partial charge in [0.15, 0.2) is 5.78 Å². The van der Waals surface area contributed by atoms with Gasteiger partial charge in [-0.25, -0.2) is 4.39 Å². The molecule has 0 aromatic heterocycles. The topological polar surface area (TPSA) is 17.1 Å². The van der Waals surface area contributed by atoms with Crippen molar-refractivity contribution in [2.45, 2.75) is 4.90 Å². The lowest BCUT2D eigenvalue weighted by Crippen LogP contribution is -2.03. The number of Topliss-reactive ketones (excluding diaryl/α,β-unsaturated/α-hetero) is 1. The van der Waals surface area contributed by atoms with Gasteiger partial charge in [-0.2, -0.15) is 0 Å². The van der Waals surface area contributed by atoms with Crippen LogP contribution < -0.4 is 0 Å². The zero-order chi connectivity index (χ0) is 13.8. The van der Waals surface area contributed by atoms with Gasteiger partial charge >= 0.3 is 0 Å². The Kier molecular flexibility index (Phi) is 4.86. The van der Waals surface area contributed by atoms with Crippen molar-refractivity contribution in [3.8, 4) is 0 Å². The van der Waals surface area contributed by atoms with Crippen molar-refractivity contribution < 1.29 is 9.18 Å². The summed E-state index contributed by atoms with van der Waals surface area (Å²) in [4.78, 5) is 12.8. The first-order chi connectivity index (χ1) is 9.08. The highest BCUT2D eigenvalue weighted by atomic mass is 35.5. The number of carbonyl (C=O) groups excluding carboxylic acids is 1. The molecule has 0 N–H and O–H groups in total. The van der Waals surface area contributed by atoms with Crippen LogP contribution in [0.5, 0.6) is 0 Å². The number of hydrogen-bond donors (Lipinski definition) is 0. The van der Waals surface area contributed by atoms with Crippen molar-refractivity contribution in [2.75, 3.05) is 5.75 Å². The van der Waals surface area contributed by atoms with Crippen LogP contribution in [0.25, 0.3) is 0 Å².